The van der Waals surface area contributed by atoms with Crippen LogP contribution in [0.15, 0.2) is 114 Å². The minimum Gasteiger partial charge on any atom is -0.446 e. The highest BCUT2D eigenvalue weighted by Gasteiger charge is 2.23. The number of anilines is 2. The van der Waals surface area contributed by atoms with E-state index in [-0.39, 0.29) is 35.8 Å². The maximum Gasteiger partial charge on any atom is 0.411 e. The number of hydrogen-bond acceptors (Lipinski definition) is 8. The van der Waals surface area contributed by atoms with Gasteiger partial charge in [0.25, 0.3) is 0 Å². The molecule has 12 heteroatoms. The highest BCUT2D eigenvalue weighted by Crippen LogP contribution is 2.28. The summed E-state index contributed by atoms with van der Waals surface area (Å²) in [5.41, 5.74) is 5.41. The molecule has 5 aromatic rings. The number of H-pyrrole nitrogens is 1. The Bertz CT molecular complexity index is 2200. The number of aromatic amines is 1. The number of benzene rings is 4. The largest absolute Gasteiger partial charge is 0.446 e. The topological polar surface area (TPSA) is 153 Å². The molecule has 4 N–H and O–H groups in total. The predicted molar refractivity (Wildman–Crippen MR) is 223 cm³/mol. The number of ketones is 1. The molecule has 0 atom stereocenters. The van der Waals surface area contributed by atoms with Gasteiger partial charge in [-0.3, -0.25) is 24.5 Å². The molecule has 1 saturated heterocycles. The van der Waals surface area contributed by atoms with Crippen LogP contribution in [0.5, 0.6) is 0 Å². The van der Waals surface area contributed by atoms with E-state index in [2.05, 4.69) is 25.8 Å². The average Bonchev–Trinajstić information content (AvgIpc) is 3.22. The van der Waals surface area contributed by atoms with E-state index in [9.17, 15) is 24.0 Å². The molecule has 0 unspecified atom stereocenters. The molecule has 0 aliphatic carbocycles. The van der Waals surface area contributed by atoms with Crippen molar-refractivity contribution in [3.63, 3.8) is 0 Å². The molecule has 2 heterocycles. The van der Waals surface area contributed by atoms with Crippen molar-refractivity contribution in [1.29, 1.82) is 0 Å². The number of nitrogens with zero attached hydrogens (tertiary/aromatic N) is 2. The number of hydrogen-bond donors (Lipinski definition) is 4. The zero-order chi connectivity index (χ0) is 40.0. The van der Waals surface area contributed by atoms with Gasteiger partial charge in [-0.1, -0.05) is 72.8 Å². The number of Topliss-reactive ketones (excluding diaryl/α,β-unsaturated/α-hetero) is 1. The van der Waals surface area contributed by atoms with Gasteiger partial charge in [0, 0.05) is 79.9 Å². The molecular formula is C45H50N6O6. The Morgan fingerprint density at radius 2 is 1.58 bits per heavy atom. The van der Waals surface area contributed by atoms with Crippen LogP contribution in [0.25, 0.3) is 22.0 Å². The second-order valence-electron chi connectivity index (χ2n) is 14.3. The normalized spacial score (nSPS) is 13.2. The minimum absolute atomic E-state index is 0.0332. The van der Waals surface area contributed by atoms with Crippen molar-refractivity contribution in [3.05, 3.63) is 131 Å². The quantitative estimate of drug-likeness (QED) is 0.0619. The number of nitrogens with one attached hydrogen (secondary N) is 4. The summed E-state index contributed by atoms with van der Waals surface area (Å²) in [5.74, 6) is -0.128. The van der Waals surface area contributed by atoms with Crippen molar-refractivity contribution in [2.24, 2.45) is 0 Å². The first kappa shape index (κ1) is 40.6. The summed E-state index contributed by atoms with van der Waals surface area (Å²) in [7, 11) is 1.77. The second kappa shape index (κ2) is 20.2. The van der Waals surface area contributed by atoms with Gasteiger partial charge in [0.05, 0.1) is 12.2 Å². The number of aromatic nitrogens is 1. The molecule has 296 valence electrons. The molecular weight excluding hydrogens is 721 g/mol. The highest BCUT2D eigenvalue weighted by molar-refractivity contribution is 6.08. The maximum atomic E-state index is 12.8. The molecule has 0 bridgehead atoms. The summed E-state index contributed by atoms with van der Waals surface area (Å²) >= 11 is 0. The highest BCUT2D eigenvalue weighted by atomic mass is 16.6. The van der Waals surface area contributed by atoms with Crippen LogP contribution in [0.4, 0.5) is 16.2 Å². The molecule has 3 amide bonds. The summed E-state index contributed by atoms with van der Waals surface area (Å²) in [6.07, 6.45) is 2.70. The van der Waals surface area contributed by atoms with Gasteiger partial charge in [0.15, 0.2) is 5.78 Å². The Balaban J connectivity index is 0.815. The van der Waals surface area contributed by atoms with Crippen LogP contribution in [-0.2, 0) is 20.7 Å². The number of pyridine rings is 1. The third-order valence-corrected chi connectivity index (χ3v) is 10.2. The first-order valence-corrected chi connectivity index (χ1v) is 19.5. The molecule has 1 aliphatic rings. The maximum absolute atomic E-state index is 12.8. The van der Waals surface area contributed by atoms with Gasteiger partial charge in [0.2, 0.25) is 17.4 Å². The van der Waals surface area contributed by atoms with Crippen LogP contribution in [0.3, 0.4) is 0 Å². The SMILES string of the molecule is CN(CCCC(=O)Nc1ccc(CCNCC(=O)c2cccc3[nH]c(=O)ccc23)cc1)C(=O)CCN1CCC(OC(=O)Nc2ccccc2-c2ccccc2)CC1. The molecule has 1 aliphatic heterocycles. The van der Waals surface area contributed by atoms with Crippen molar-refractivity contribution >= 4 is 46.0 Å². The zero-order valence-corrected chi connectivity index (χ0v) is 32.3. The average molecular weight is 771 g/mol. The summed E-state index contributed by atoms with van der Waals surface area (Å²) < 4.78 is 5.75. The van der Waals surface area contributed by atoms with E-state index in [1.165, 1.54) is 6.07 Å². The van der Waals surface area contributed by atoms with Gasteiger partial charge in [-0.25, -0.2) is 4.79 Å². The standard InChI is InChI=1S/C45H50N6O6/c1-50(44(55)25-30-51-28-23-35(24-29-51)57-45(56)49-39-13-6-5-11-36(39)33-9-3-2-4-10-33)27-8-15-42(53)47-34-18-16-32(17-19-34)22-26-46-31-41(52)38-12-7-14-40-37(38)20-21-43(54)48-40/h2-7,9-14,16-21,35,46H,8,15,22-31H2,1H3,(H,47,53)(H,48,54)(H,49,56). The van der Waals surface area contributed by atoms with Crippen LogP contribution >= 0.6 is 0 Å². The smallest absolute Gasteiger partial charge is 0.411 e. The first-order chi connectivity index (χ1) is 27.7. The fourth-order valence-electron chi connectivity index (χ4n) is 6.99. The number of ether oxygens (including phenoxy) is 1. The monoisotopic (exact) mass is 770 g/mol. The lowest BCUT2D eigenvalue weighted by Crippen LogP contribution is -2.40. The molecule has 57 heavy (non-hydrogen) atoms. The van der Waals surface area contributed by atoms with E-state index in [4.69, 9.17) is 4.74 Å². The van der Waals surface area contributed by atoms with E-state index in [0.29, 0.717) is 80.6 Å². The number of carbonyl (C=O) groups excluding carboxylic acids is 4. The lowest BCUT2D eigenvalue weighted by molar-refractivity contribution is -0.130. The summed E-state index contributed by atoms with van der Waals surface area (Å²) in [5, 5.41) is 9.76. The second-order valence-corrected chi connectivity index (χ2v) is 14.3. The Morgan fingerprint density at radius 1 is 0.825 bits per heavy atom. The fourth-order valence-corrected chi connectivity index (χ4v) is 6.99. The number of fused-ring (bicyclic) bond motifs is 1. The van der Waals surface area contributed by atoms with Crippen molar-refractivity contribution in [3.8, 4) is 11.1 Å². The van der Waals surface area contributed by atoms with Crippen LogP contribution in [0.2, 0.25) is 0 Å². The number of para-hydroxylation sites is 1. The Labute approximate surface area is 332 Å². The number of carbonyl (C=O) groups is 4. The van der Waals surface area contributed by atoms with E-state index >= 15 is 0 Å². The van der Waals surface area contributed by atoms with E-state index in [1.807, 2.05) is 78.9 Å². The molecule has 0 radical (unpaired) electrons. The molecule has 1 fully saturated rings. The Kier molecular flexibility index (Phi) is 14.3. The first-order valence-electron chi connectivity index (χ1n) is 19.5. The summed E-state index contributed by atoms with van der Waals surface area (Å²) in [6.45, 7) is 3.38. The number of rotatable bonds is 17. The fraction of sp³-hybridized carbons (Fsp3) is 0.311. The molecule has 0 spiro atoms. The van der Waals surface area contributed by atoms with Crippen LogP contribution in [0, 0.1) is 0 Å². The Morgan fingerprint density at radius 3 is 2.37 bits per heavy atom. The van der Waals surface area contributed by atoms with Gasteiger partial charge >= 0.3 is 6.09 Å². The van der Waals surface area contributed by atoms with Crippen molar-refractivity contribution < 1.29 is 23.9 Å². The summed E-state index contributed by atoms with van der Waals surface area (Å²) in [6, 6.07) is 33.6. The van der Waals surface area contributed by atoms with Crippen LogP contribution in [-0.4, -0.2) is 90.9 Å². The van der Waals surface area contributed by atoms with Crippen LogP contribution in [0.1, 0.15) is 48.0 Å². The number of amides is 3. The molecule has 12 nitrogen and oxygen atoms in total. The third-order valence-electron chi connectivity index (χ3n) is 10.2. The summed E-state index contributed by atoms with van der Waals surface area (Å²) in [4.78, 5) is 69.3. The van der Waals surface area contributed by atoms with Gasteiger partial charge < -0.3 is 30.2 Å². The molecule has 6 rings (SSSR count). The lowest BCUT2D eigenvalue weighted by Gasteiger charge is -2.31. The molecule has 0 saturated carbocycles. The van der Waals surface area contributed by atoms with E-state index in [0.717, 1.165) is 35.2 Å². The number of likely N-dealkylation sites (tertiary alicyclic amines) is 1. The van der Waals surface area contributed by atoms with Gasteiger partial charge in [0.1, 0.15) is 6.10 Å². The van der Waals surface area contributed by atoms with Crippen molar-refractivity contribution in [1.82, 2.24) is 20.1 Å². The molecule has 1 aromatic heterocycles. The Hall–Kier alpha value is -6.11. The van der Waals surface area contributed by atoms with Crippen molar-refractivity contribution in [2.75, 3.05) is 56.9 Å². The third kappa shape index (κ3) is 11.9. The lowest BCUT2D eigenvalue weighted by atomic mass is 10.0. The van der Waals surface area contributed by atoms with Crippen LogP contribution < -0.4 is 21.5 Å². The zero-order valence-electron chi connectivity index (χ0n) is 32.3. The van der Waals surface area contributed by atoms with E-state index in [1.54, 1.807) is 36.2 Å². The van der Waals surface area contributed by atoms with Gasteiger partial charge in [-0.05, 0) is 73.7 Å². The minimum atomic E-state index is -0.466. The van der Waals surface area contributed by atoms with Gasteiger partial charge in [-0.2, -0.15) is 0 Å². The van der Waals surface area contributed by atoms with Gasteiger partial charge in [-0.15, -0.1) is 0 Å². The predicted octanol–water partition coefficient (Wildman–Crippen LogP) is 6.49. The molecule has 4 aromatic carbocycles. The number of piperidine rings is 1. The van der Waals surface area contributed by atoms with E-state index < -0.39 is 6.09 Å². The van der Waals surface area contributed by atoms with Crippen molar-refractivity contribution in [2.45, 2.75) is 44.6 Å².